The van der Waals surface area contributed by atoms with E-state index in [0.29, 0.717) is 169 Å². The molecule has 0 amide bonds. The SMILES string of the molecule is CCCCCCCC(=O)SCCC[Si]1(OCC)OCC(C)CO1.CCCCCCCCCCCCCOCCOCCOCCOCCOCCO[Si](CCCS)(OCC)OCCOCCOCCOCCOCCOCCCCCCCCCCCCC. The van der Waals surface area contributed by atoms with Crippen LogP contribution in [0.25, 0.3) is 0 Å². The molecule has 1 aliphatic heterocycles. The molecule has 1 aliphatic rings. The zero-order chi connectivity index (χ0) is 64.6. The van der Waals surface area contributed by atoms with Gasteiger partial charge in [0.05, 0.1) is 132 Å². The monoisotopic (exact) mass is 1350 g/mol. The summed E-state index contributed by atoms with van der Waals surface area (Å²) in [4.78, 5) is 11.9. The molecule has 0 atom stereocenters. The van der Waals surface area contributed by atoms with Crippen molar-refractivity contribution >= 4 is 47.1 Å². The molecule has 1 rings (SSSR count). The van der Waals surface area contributed by atoms with Gasteiger partial charge in [0, 0.05) is 69.8 Å². The predicted octanol–water partition coefficient (Wildman–Crippen LogP) is 15.8. The summed E-state index contributed by atoms with van der Waals surface area (Å²) in [6.07, 6.45) is 38.1. The third kappa shape index (κ3) is 65.2. The van der Waals surface area contributed by atoms with Gasteiger partial charge in [-0.1, -0.05) is 194 Å². The highest BCUT2D eigenvalue weighted by Gasteiger charge is 2.44. The van der Waals surface area contributed by atoms with Gasteiger partial charge in [-0.2, -0.15) is 12.6 Å². The highest BCUT2D eigenvalue weighted by molar-refractivity contribution is 8.13. The van der Waals surface area contributed by atoms with Crippen LogP contribution in [0.5, 0.6) is 0 Å². The number of carbonyl (C=O) groups excluding carboxylic acids is 1. The van der Waals surface area contributed by atoms with Crippen molar-refractivity contribution in [2.45, 2.75) is 246 Å². The van der Waals surface area contributed by atoms with Crippen LogP contribution in [0.4, 0.5) is 0 Å². The van der Waals surface area contributed by atoms with Gasteiger partial charge in [0.1, 0.15) is 0 Å². The van der Waals surface area contributed by atoms with Gasteiger partial charge >= 0.3 is 17.6 Å². The fraction of sp³-hybridized carbons (Fsp3) is 0.985. The number of thioether (sulfide) groups is 1. The Morgan fingerprint density at radius 1 is 0.393 bits per heavy atom. The molecule has 0 spiro atoms. The fourth-order valence-corrected chi connectivity index (χ4v) is 16.5. The molecule has 0 aromatic heterocycles. The second-order valence-corrected chi connectivity index (χ2v) is 30.2. The minimum Gasteiger partial charge on any atom is -0.379 e. The Kier molecular flexibility index (Phi) is 74.1. The lowest BCUT2D eigenvalue weighted by Crippen LogP contribution is -2.51. The van der Waals surface area contributed by atoms with E-state index >= 15 is 0 Å². The molecule has 0 aromatic carbocycles. The fourth-order valence-electron chi connectivity index (χ4n) is 9.64. The largest absolute Gasteiger partial charge is 0.501 e. The van der Waals surface area contributed by atoms with E-state index in [2.05, 4.69) is 40.3 Å². The van der Waals surface area contributed by atoms with Gasteiger partial charge in [-0.15, -0.1) is 0 Å². The minimum atomic E-state index is -2.90. The Labute approximate surface area is 558 Å². The zero-order valence-electron chi connectivity index (χ0n) is 58.3. The molecule has 0 N–H and O–H groups in total. The molecule has 1 heterocycles. The summed E-state index contributed by atoms with van der Waals surface area (Å²) in [6, 6.07) is 1.51. The number of hydrogen-bond donors (Lipinski definition) is 1. The van der Waals surface area contributed by atoms with Crippen LogP contribution in [0.2, 0.25) is 12.1 Å². The van der Waals surface area contributed by atoms with Crippen LogP contribution in [0.1, 0.15) is 234 Å². The van der Waals surface area contributed by atoms with Crippen molar-refractivity contribution in [1.82, 2.24) is 0 Å². The van der Waals surface area contributed by atoms with Crippen LogP contribution in [-0.4, -0.2) is 206 Å². The zero-order valence-corrected chi connectivity index (χ0v) is 62.0. The minimum absolute atomic E-state index is 0.327. The third-order valence-corrected chi connectivity index (χ3v) is 22.0. The number of carbonyl (C=O) groups is 1. The van der Waals surface area contributed by atoms with Gasteiger partial charge in [0.2, 0.25) is 0 Å². The molecule has 89 heavy (non-hydrogen) atoms. The molecular weight excluding hydrogens is 1210 g/mol. The first kappa shape index (κ1) is 89.2. The number of ether oxygens (including phenoxy) is 10. The summed E-state index contributed by atoms with van der Waals surface area (Å²) >= 11 is 5.86. The normalized spacial score (nSPS) is 15.3. The molecule has 0 unspecified atom stereocenters. The van der Waals surface area contributed by atoms with Crippen molar-refractivity contribution in [2.24, 2.45) is 5.92 Å². The maximum absolute atomic E-state index is 11.9. The molecule has 0 radical (unpaired) electrons. The lowest BCUT2D eigenvalue weighted by molar-refractivity contribution is -0.111. The standard InChI is InChI=1S/C51H106O13SSi.C17H34O4SSi/c1-4-7-9-11-13-15-17-19-21-23-25-28-52-30-32-54-34-36-56-38-40-58-42-44-60-46-48-63-66(62-6-3,51-27-50-65)64-49-47-61-45-43-59-41-39-57-37-35-55-33-31-53-29-26-24-22-20-18-16-14-12-10-8-5-2;1-4-6-7-8-9-11-17(18)22-12-10-13-23(19-5-2)20-14-16(3)15-21-23/h65H,4-51H2,1-3H3;16H,4-15H2,1-3H3. The lowest BCUT2D eigenvalue weighted by Gasteiger charge is -2.35. The average molecular weight is 1350 g/mol. The average Bonchev–Trinajstić information content (AvgIpc) is 3.51. The Balaban J connectivity index is 0.00000279. The number of rotatable bonds is 73. The van der Waals surface area contributed by atoms with E-state index in [1.54, 1.807) is 0 Å². The summed E-state index contributed by atoms with van der Waals surface area (Å²) in [7, 11) is -5.36. The number of thiol groups is 1. The van der Waals surface area contributed by atoms with E-state index in [1.165, 1.54) is 166 Å². The third-order valence-electron chi connectivity index (χ3n) is 14.8. The summed E-state index contributed by atoms with van der Waals surface area (Å²) in [6.45, 7) is 27.3. The van der Waals surface area contributed by atoms with Crippen molar-refractivity contribution in [3.8, 4) is 0 Å². The van der Waals surface area contributed by atoms with Gasteiger partial charge in [-0.05, 0) is 51.7 Å². The number of hydrogen-bond acceptors (Lipinski definition) is 19. The van der Waals surface area contributed by atoms with Crippen molar-refractivity contribution in [2.75, 3.05) is 183 Å². The van der Waals surface area contributed by atoms with Crippen molar-refractivity contribution < 1.29 is 78.7 Å². The molecule has 1 fully saturated rings. The van der Waals surface area contributed by atoms with Crippen LogP contribution < -0.4 is 0 Å². The van der Waals surface area contributed by atoms with Gasteiger partial charge in [0.15, 0.2) is 5.12 Å². The van der Waals surface area contributed by atoms with E-state index in [0.717, 1.165) is 76.1 Å². The summed E-state index contributed by atoms with van der Waals surface area (Å²) in [5.41, 5.74) is 0. The van der Waals surface area contributed by atoms with Gasteiger partial charge in [0.25, 0.3) is 0 Å². The maximum atomic E-state index is 11.9. The van der Waals surface area contributed by atoms with Gasteiger partial charge < -0.3 is 73.9 Å². The summed E-state index contributed by atoms with van der Waals surface area (Å²) < 4.78 is 92.8. The van der Waals surface area contributed by atoms with Gasteiger partial charge in [-0.25, -0.2) is 0 Å². The van der Waals surface area contributed by atoms with Gasteiger partial charge in [-0.3, -0.25) is 4.79 Å². The molecular formula is C68H140O17S2Si2. The molecule has 17 nitrogen and oxygen atoms in total. The van der Waals surface area contributed by atoms with E-state index in [-0.39, 0.29) is 0 Å². The van der Waals surface area contributed by atoms with Crippen LogP contribution >= 0.6 is 24.4 Å². The van der Waals surface area contributed by atoms with Crippen molar-refractivity contribution in [3.05, 3.63) is 0 Å². The summed E-state index contributed by atoms with van der Waals surface area (Å²) in [5.74, 6) is 2.02. The Morgan fingerprint density at radius 2 is 0.708 bits per heavy atom. The van der Waals surface area contributed by atoms with Crippen molar-refractivity contribution in [1.29, 1.82) is 0 Å². The topological polar surface area (TPSA) is 165 Å². The number of unbranched alkanes of at least 4 members (excludes halogenated alkanes) is 24. The van der Waals surface area contributed by atoms with E-state index in [4.69, 9.17) is 73.9 Å². The summed E-state index contributed by atoms with van der Waals surface area (Å²) in [5, 5.41) is 0.327. The smallest absolute Gasteiger partial charge is 0.379 e. The Hall–Kier alpha value is 0.164. The second-order valence-electron chi connectivity index (χ2n) is 23.2. The Bertz CT molecular complexity index is 1310. The quantitative estimate of drug-likeness (QED) is 0.0347. The van der Waals surface area contributed by atoms with Crippen LogP contribution in [0, 0.1) is 5.92 Å². The molecule has 0 bridgehead atoms. The van der Waals surface area contributed by atoms with Crippen LogP contribution in [0.15, 0.2) is 0 Å². The van der Waals surface area contributed by atoms with E-state index in [1.807, 2.05) is 13.8 Å². The predicted molar refractivity (Wildman–Crippen MR) is 372 cm³/mol. The van der Waals surface area contributed by atoms with E-state index < -0.39 is 17.6 Å². The van der Waals surface area contributed by atoms with Crippen LogP contribution in [-0.2, 0) is 78.7 Å². The highest BCUT2D eigenvalue weighted by atomic mass is 32.2. The first-order chi connectivity index (χ1) is 43.9. The lowest BCUT2D eigenvalue weighted by atomic mass is 10.1. The van der Waals surface area contributed by atoms with Crippen molar-refractivity contribution in [3.63, 3.8) is 0 Å². The first-order valence-electron chi connectivity index (χ1n) is 36.2. The molecule has 21 heteroatoms. The molecule has 1 saturated heterocycles. The highest BCUT2D eigenvalue weighted by Crippen LogP contribution is 2.26. The molecule has 0 saturated carbocycles. The van der Waals surface area contributed by atoms with E-state index in [9.17, 15) is 4.79 Å². The molecule has 0 aromatic rings. The molecule has 0 aliphatic carbocycles. The Morgan fingerprint density at radius 3 is 1.03 bits per heavy atom. The van der Waals surface area contributed by atoms with Crippen LogP contribution in [0.3, 0.4) is 0 Å². The maximum Gasteiger partial charge on any atom is 0.501 e. The second kappa shape index (κ2) is 74.0. The molecule has 534 valence electrons. The first-order valence-corrected chi connectivity index (χ1v) is 41.7.